The van der Waals surface area contributed by atoms with E-state index in [1.165, 1.54) is 32.7 Å². The molecule has 0 aromatic heterocycles. The van der Waals surface area contributed by atoms with Crippen LogP contribution in [-0.2, 0) is 17.6 Å². The predicted octanol–water partition coefficient (Wildman–Crippen LogP) is 6.23. The number of rotatable bonds is 5. The zero-order valence-corrected chi connectivity index (χ0v) is 17.9. The summed E-state index contributed by atoms with van der Waals surface area (Å²) in [7, 11) is 0.208. The number of nitrogens with one attached hydrogen (secondary N) is 1. The zero-order valence-electron chi connectivity index (χ0n) is 16.9. The number of hydrogen-bond donors (Lipinski definition) is 1. The van der Waals surface area contributed by atoms with E-state index in [2.05, 4.69) is 87.7 Å². The van der Waals surface area contributed by atoms with Crippen molar-refractivity contribution in [3.8, 4) is 0 Å². The lowest BCUT2D eigenvalue weighted by Crippen LogP contribution is -2.40. The third-order valence-corrected chi connectivity index (χ3v) is 10.4. The van der Waals surface area contributed by atoms with Gasteiger partial charge >= 0.3 is 0 Å². The topological polar surface area (TPSA) is 21.3 Å². The van der Waals surface area contributed by atoms with Crippen molar-refractivity contribution in [2.75, 3.05) is 7.05 Å². The summed E-state index contributed by atoms with van der Waals surface area (Å²) in [5.74, 6) is 0. The van der Waals surface area contributed by atoms with E-state index in [0.29, 0.717) is 6.61 Å². The molecule has 0 aliphatic carbocycles. The van der Waals surface area contributed by atoms with Crippen molar-refractivity contribution in [2.45, 2.75) is 52.1 Å². The second-order valence-electron chi connectivity index (χ2n) is 8.63. The third-order valence-electron chi connectivity index (χ3n) is 5.89. The second-order valence-corrected chi connectivity index (χ2v) is 13.4. The highest BCUT2D eigenvalue weighted by Crippen LogP contribution is 2.39. The highest BCUT2D eigenvalue weighted by Gasteiger charge is 2.37. The first kappa shape index (κ1) is 19.1. The van der Waals surface area contributed by atoms with Gasteiger partial charge in [-0.3, -0.25) is 0 Å². The minimum Gasteiger partial charge on any atom is -0.413 e. The smallest absolute Gasteiger partial charge is 0.192 e. The molecule has 0 spiro atoms. The van der Waals surface area contributed by atoms with Gasteiger partial charge in [0, 0.05) is 6.54 Å². The summed E-state index contributed by atoms with van der Waals surface area (Å²) in [6.07, 6.45) is 0. The van der Waals surface area contributed by atoms with Gasteiger partial charge in [0.25, 0.3) is 0 Å². The van der Waals surface area contributed by atoms with E-state index < -0.39 is 8.32 Å². The molecule has 3 heteroatoms. The van der Waals surface area contributed by atoms with Crippen molar-refractivity contribution in [3.63, 3.8) is 0 Å². The Labute approximate surface area is 158 Å². The predicted molar refractivity (Wildman–Crippen MR) is 116 cm³/mol. The summed E-state index contributed by atoms with van der Waals surface area (Å²) in [5.41, 5.74) is 2.69. The highest BCUT2D eigenvalue weighted by atomic mass is 28.4. The summed E-state index contributed by atoms with van der Waals surface area (Å²) in [6.45, 7) is 13.1. The largest absolute Gasteiger partial charge is 0.413 e. The van der Waals surface area contributed by atoms with Crippen molar-refractivity contribution < 1.29 is 4.43 Å². The maximum Gasteiger partial charge on any atom is 0.192 e. The van der Waals surface area contributed by atoms with E-state index in [1.807, 2.05) is 7.05 Å². The van der Waals surface area contributed by atoms with Crippen molar-refractivity contribution in [1.29, 1.82) is 0 Å². The number of fused-ring (bicyclic) bond motifs is 2. The van der Waals surface area contributed by atoms with Crippen LogP contribution < -0.4 is 5.32 Å². The quantitative estimate of drug-likeness (QED) is 0.427. The van der Waals surface area contributed by atoms with Crippen molar-refractivity contribution in [1.82, 2.24) is 5.32 Å². The van der Waals surface area contributed by atoms with Gasteiger partial charge in [0.05, 0.1) is 6.61 Å². The van der Waals surface area contributed by atoms with Crippen LogP contribution in [-0.4, -0.2) is 15.4 Å². The Morgan fingerprint density at radius 1 is 0.808 bits per heavy atom. The minimum atomic E-state index is -1.80. The first-order valence-corrected chi connectivity index (χ1v) is 12.4. The van der Waals surface area contributed by atoms with Gasteiger partial charge in [-0.25, -0.2) is 0 Å². The van der Waals surface area contributed by atoms with Gasteiger partial charge in [-0.15, -0.1) is 0 Å². The molecule has 26 heavy (non-hydrogen) atoms. The molecule has 0 atom stereocenters. The maximum absolute atomic E-state index is 6.62. The Morgan fingerprint density at radius 3 is 1.62 bits per heavy atom. The van der Waals surface area contributed by atoms with Crippen LogP contribution in [0.2, 0.25) is 18.1 Å². The van der Waals surface area contributed by atoms with E-state index in [-0.39, 0.29) is 5.04 Å². The van der Waals surface area contributed by atoms with Crippen molar-refractivity contribution >= 4 is 29.9 Å². The van der Waals surface area contributed by atoms with E-state index in [1.54, 1.807) is 0 Å². The van der Waals surface area contributed by atoms with E-state index in [9.17, 15) is 0 Å². The van der Waals surface area contributed by atoms with Gasteiger partial charge in [-0.05, 0) is 57.9 Å². The average Bonchev–Trinajstić information content (AvgIpc) is 2.60. The second kappa shape index (κ2) is 7.14. The first-order chi connectivity index (χ1) is 12.3. The molecular formula is C23H31NOSi. The van der Waals surface area contributed by atoms with Gasteiger partial charge in [0.15, 0.2) is 8.32 Å². The van der Waals surface area contributed by atoms with Crippen LogP contribution in [0.1, 0.15) is 31.9 Å². The monoisotopic (exact) mass is 365 g/mol. The summed E-state index contributed by atoms with van der Waals surface area (Å²) in [4.78, 5) is 0. The zero-order chi connectivity index (χ0) is 18.9. The molecule has 3 rings (SSSR count). The fraction of sp³-hybridized carbons (Fsp3) is 0.391. The van der Waals surface area contributed by atoms with Crippen LogP contribution in [0.15, 0.2) is 48.5 Å². The lowest BCUT2D eigenvalue weighted by atomic mass is 9.92. The molecule has 0 saturated carbocycles. The fourth-order valence-electron chi connectivity index (χ4n) is 3.30. The van der Waals surface area contributed by atoms with Gasteiger partial charge < -0.3 is 9.74 Å². The molecule has 138 valence electrons. The van der Waals surface area contributed by atoms with Crippen LogP contribution >= 0.6 is 0 Å². The molecular weight excluding hydrogens is 334 g/mol. The molecule has 3 aromatic rings. The summed E-state index contributed by atoms with van der Waals surface area (Å²) in [6, 6.07) is 17.5. The molecule has 0 aliphatic heterocycles. The lowest BCUT2D eigenvalue weighted by molar-refractivity contribution is 0.279. The Balaban J connectivity index is 2.19. The first-order valence-electron chi connectivity index (χ1n) is 9.46. The Morgan fingerprint density at radius 2 is 1.23 bits per heavy atom. The van der Waals surface area contributed by atoms with E-state index >= 15 is 0 Å². The van der Waals surface area contributed by atoms with E-state index in [0.717, 1.165) is 6.54 Å². The number of hydrogen-bond acceptors (Lipinski definition) is 2. The molecule has 0 bridgehead atoms. The maximum atomic E-state index is 6.62. The fourth-order valence-corrected chi connectivity index (χ4v) is 4.24. The molecule has 0 heterocycles. The molecule has 0 radical (unpaired) electrons. The van der Waals surface area contributed by atoms with Crippen LogP contribution in [0.4, 0.5) is 0 Å². The molecule has 2 nitrogen and oxygen atoms in total. The lowest BCUT2D eigenvalue weighted by Gasteiger charge is -2.36. The van der Waals surface area contributed by atoms with Crippen LogP contribution in [0.3, 0.4) is 0 Å². The number of benzene rings is 3. The molecule has 1 N–H and O–H groups in total. The molecule has 0 unspecified atom stereocenters. The van der Waals surface area contributed by atoms with Crippen LogP contribution in [0, 0.1) is 0 Å². The van der Waals surface area contributed by atoms with Crippen LogP contribution in [0.25, 0.3) is 21.5 Å². The Bertz CT molecular complexity index is 868. The van der Waals surface area contributed by atoms with Crippen molar-refractivity contribution in [3.05, 3.63) is 59.7 Å². The normalized spacial score (nSPS) is 12.8. The molecule has 0 amide bonds. The molecule has 0 fully saturated rings. The molecule has 0 aliphatic rings. The Kier molecular flexibility index (Phi) is 5.25. The molecule has 3 aromatic carbocycles. The summed E-state index contributed by atoms with van der Waals surface area (Å²) >= 11 is 0. The standard InChI is InChI=1S/C23H31NOSi/c1-23(2,3)26(5,6)25-16-22-19-13-9-7-11-17(19)21(15-24-4)18-12-8-10-14-20(18)22/h7-14,24H,15-16H2,1-6H3. The van der Waals surface area contributed by atoms with Gasteiger partial charge in [0.2, 0.25) is 0 Å². The molecule has 0 saturated heterocycles. The average molecular weight is 366 g/mol. The SMILES string of the molecule is CNCc1c2ccccc2c(CO[Si](C)(C)C(C)(C)C)c2ccccc12. The van der Waals surface area contributed by atoms with Crippen molar-refractivity contribution in [2.24, 2.45) is 0 Å². The Hall–Kier alpha value is -1.68. The third kappa shape index (κ3) is 3.44. The van der Waals surface area contributed by atoms with Gasteiger partial charge in [-0.1, -0.05) is 69.3 Å². The van der Waals surface area contributed by atoms with Crippen LogP contribution in [0.5, 0.6) is 0 Å². The van der Waals surface area contributed by atoms with E-state index in [4.69, 9.17) is 4.43 Å². The van der Waals surface area contributed by atoms with Gasteiger partial charge in [0.1, 0.15) is 0 Å². The summed E-state index contributed by atoms with van der Waals surface area (Å²) in [5, 5.41) is 8.84. The highest BCUT2D eigenvalue weighted by molar-refractivity contribution is 6.74. The summed E-state index contributed by atoms with van der Waals surface area (Å²) < 4.78 is 6.62. The van der Waals surface area contributed by atoms with Gasteiger partial charge in [-0.2, -0.15) is 0 Å². The minimum absolute atomic E-state index is 0.213.